The number of halogens is 3. The van der Waals surface area contributed by atoms with Crippen molar-refractivity contribution in [3.8, 4) is 5.75 Å². The lowest BCUT2D eigenvalue weighted by Crippen LogP contribution is -2.00. The molecular weight excluding hydrogens is 386 g/mol. The molecule has 0 spiro atoms. The smallest absolute Gasteiger partial charge is 0.299 e. The van der Waals surface area contributed by atoms with Crippen molar-refractivity contribution in [2.75, 3.05) is 6.26 Å². The highest BCUT2D eigenvalue weighted by atomic mass is 35.5. The number of hydrogen-bond acceptors (Lipinski definition) is 6. The van der Waals surface area contributed by atoms with Crippen LogP contribution in [0.2, 0.25) is 5.02 Å². The van der Waals surface area contributed by atoms with Gasteiger partial charge in [0, 0.05) is 5.02 Å². The summed E-state index contributed by atoms with van der Waals surface area (Å²) in [6.07, 6.45) is 0.242. The van der Waals surface area contributed by atoms with Gasteiger partial charge in [0.15, 0.2) is 0 Å². The van der Waals surface area contributed by atoms with Crippen molar-refractivity contribution in [2.24, 2.45) is 5.10 Å². The van der Waals surface area contributed by atoms with E-state index in [1.54, 1.807) is 42.7 Å². The zero-order valence-corrected chi connectivity index (χ0v) is 15.0. The van der Waals surface area contributed by atoms with Crippen LogP contribution in [-0.2, 0) is 6.61 Å². The minimum atomic E-state index is -2.78. The van der Waals surface area contributed by atoms with Gasteiger partial charge >= 0.3 is 0 Å². The lowest BCUT2D eigenvalue weighted by molar-refractivity contribution is 0.135. The molecule has 26 heavy (non-hydrogen) atoms. The minimum Gasteiger partial charge on any atom is -0.486 e. The van der Waals surface area contributed by atoms with Crippen LogP contribution in [0, 0.1) is 0 Å². The highest BCUT2D eigenvalue weighted by Crippen LogP contribution is 2.22. The third-order valence-corrected chi connectivity index (χ3v) is 4.06. The van der Waals surface area contributed by atoms with E-state index in [-0.39, 0.29) is 11.8 Å². The summed E-state index contributed by atoms with van der Waals surface area (Å²) in [5.74, 6) is 1.07. The summed E-state index contributed by atoms with van der Waals surface area (Å²) in [5.41, 5.74) is 0. The quantitative estimate of drug-likeness (QED) is 0.428. The van der Waals surface area contributed by atoms with Crippen molar-refractivity contribution in [3.63, 3.8) is 0 Å². The van der Waals surface area contributed by atoms with E-state index in [0.29, 0.717) is 22.3 Å². The van der Waals surface area contributed by atoms with Gasteiger partial charge in [-0.15, -0.1) is 10.2 Å². The van der Waals surface area contributed by atoms with Crippen LogP contribution in [0.1, 0.15) is 23.8 Å². The topological polar surface area (TPSA) is 65.4 Å². The first-order valence-corrected chi connectivity index (χ1v) is 8.96. The van der Waals surface area contributed by atoms with Gasteiger partial charge in [-0.05, 0) is 42.7 Å². The first-order chi connectivity index (χ1) is 12.6. The second-order valence-electron chi connectivity index (χ2n) is 4.95. The Labute approximate surface area is 156 Å². The number of thioether (sulfide) groups is 1. The van der Waals surface area contributed by atoms with Crippen molar-refractivity contribution >= 4 is 29.6 Å². The van der Waals surface area contributed by atoms with E-state index in [0.717, 1.165) is 16.4 Å². The average Bonchev–Trinajstić information content (AvgIpc) is 3.25. The van der Waals surface area contributed by atoms with Crippen LogP contribution in [0.4, 0.5) is 8.78 Å². The molecule has 3 rings (SSSR count). The van der Waals surface area contributed by atoms with Crippen LogP contribution in [-0.4, -0.2) is 27.3 Å². The maximum Gasteiger partial charge on any atom is 0.299 e. The second-order valence-corrected chi connectivity index (χ2v) is 6.16. The Morgan fingerprint density at radius 1 is 1.27 bits per heavy atom. The average molecular weight is 399 g/mol. The SMILES string of the molecule is CSc1nnc(C(F)F)n1/N=C/c1ccc(COc2ccc(Cl)cc2)o1. The van der Waals surface area contributed by atoms with E-state index in [2.05, 4.69) is 15.3 Å². The summed E-state index contributed by atoms with van der Waals surface area (Å²) in [6, 6.07) is 10.3. The molecule has 0 saturated heterocycles. The molecule has 2 heterocycles. The monoisotopic (exact) mass is 398 g/mol. The molecule has 0 unspecified atom stereocenters. The molecular formula is C16H13ClF2N4O2S. The standard InChI is InChI=1S/C16H13ClF2N4O2S/c1-26-16-22-21-15(14(18)19)23(16)20-8-12-6-7-13(25-12)9-24-11-4-2-10(17)3-5-11/h2-8,14H,9H2,1H3/b20-8+. The highest BCUT2D eigenvalue weighted by molar-refractivity contribution is 7.98. The number of alkyl halides is 2. The molecule has 6 nitrogen and oxygen atoms in total. The number of aromatic nitrogens is 3. The zero-order chi connectivity index (χ0) is 18.5. The van der Waals surface area contributed by atoms with E-state index in [4.69, 9.17) is 20.8 Å². The Balaban J connectivity index is 1.67. The van der Waals surface area contributed by atoms with Crippen molar-refractivity contribution in [1.29, 1.82) is 0 Å². The van der Waals surface area contributed by atoms with Gasteiger partial charge in [-0.1, -0.05) is 23.4 Å². The van der Waals surface area contributed by atoms with Crippen LogP contribution in [0.3, 0.4) is 0 Å². The molecule has 0 bridgehead atoms. The Morgan fingerprint density at radius 3 is 2.73 bits per heavy atom. The van der Waals surface area contributed by atoms with Gasteiger partial charge in [0.25, 0.3) is 6.43 Å². The Hall–Kier alpha value is -2.39. The Kier molecular flexibility index (Phi) is 5.89. The summed E-state index contributed by atoms with van der Waals surface area (Å²) >= 11 is 6.98. The molecule has 0 fully saturated rings. The number of benzene rings is 1. The molecule has 10 heteroatoms. The number of hydrogen-bond donors (Lipinski definition) is 0. The lowest BCUT2D eigenvalue weighted by atomic mass is 10.3. The minimum absolute atomic E-state index is 0.209. The molecule has 2 aromatic heterocycles. The first kappa shape index (κ1) is 18.4. The van der Waals surface area contributed by atoms with Crippen molar-refractivity contribution in [1.82, 2.24) is 14.9 Å². The van der Waals surface area contributed by atoms with E-state index >= 15 is 0 Å². The molecule has 0 aliphatic rings. The molecule has 0 radical (unpaired) electrons. The predicted octanol–water partition coefficient (Wildman–Crippen LogP) is 4.65. The van der Waals surface area contributed by atoms with Crippen molar-refractivity contribution < 1.29 is 17.9 Å². The number of nitrogens with zero attached hydrogens (tertiary/aromatic N) is 4. The number of ether oxygens (including phenoxy) is 1. The molecule has 3 aromatic rings. The fraction of sp³-hybridized carbons (Fsp3) is 0.188. The van der Waals surface area contributed by atoms with Gasteiger partial charge in [-0.25, -0.2) is 8.78 Å². The first-order valence-electron chi connectivity index (χ1n) is 7.35. The van der Waals surface area contributed by atoms with E-state index in [1.807, 2.05) is 0 Å². The van der Waals surface area contributed by atoms with E-state index in [1.165, 1.54) is 6.21 Å². The Morgan fingerprint density at radius 2 is 2.04 bits per heavy atom. The summed E-state index contributed by atoms with van der Waals surface area (Å²) in [4.78, 5) is 0. The van der Waals surface area contributed by atoms with Crippen molar-refractivity contribution in [3.05, 3.63) is 58.8 Å². The van der Waals surface area contributed by atoms with Crippen LogP contribution in [0.15, 0.2) is 51.1 Å². The zero-order valence-electron chi connectivity index (χ0n) is 13.5. The molecule has 0 amide bonds. The fourth-order valence-electron chi connectivity index (χ4n) is 1.99. The largest absolute Gasteiger partial charge is 0.486 e. The molecule has 1 aromatic carbocycles. The third-order valence-electron chi connectivity index (χ3n) is 3.19. The van der Waals surface area contributed by atoms with Crippen LogP contribution < -0.4 is 4.74 Å². The lowest BCUT2D eigenvalue weighted by Gasteiger charge is -2.03. The van der Waals surface area contributed by atoms with Gasteiger partial charge in [0.2, 0.25) is 11.0 Å². The Bertz CT molecular complexity index is 896. The van der Waals surface area contributed by atoms with E-state index < -0.39 is 12.2 Å². The van der Waals surface area contributed by atoms with E-state index in [9.17, 15) is 8.78 Å². The van der Waals surface area contributed by atoms with Crippen LogP contribution in [0.5, 0.6) is 5.75 Å². The third kappa shape index (κ3) is 4.41. The van der Waals surface area contributed by atoms with Gasteiger partial charge in [0.05, 0.1) is 6.21 Å². The summed E-state index contributed by atoms with van der Waals surface area (Å²) in [7, 11) is 0. The summed E-state index contributed by atoms with van der Waals surface area (Å²) in [6.45, 7) is 0.209. The maximum atomic E-state index is 12.9. The molecule has 0 aliphatic carbocycles. The van der Waals surface area contributed by atoms with Gasteiger partial charge < -0.3 is 9.15 Å². The summed E-state index contributed by atoms with van der Waals surface area (Å²) < 4.78 is 38.0. The number of rotatable bonds is 7. The number of furan rings is 1. The highest BCUT2D eigenvalue weighted by Gasteiger charge is 2.19. The summed E-state index contributed by atoms with van der Waals surface area (Å²) in [5, 5.41) is 12.0. The molecule has 0 aliphatic heterocycles. The predicted molar refractivity (Wildman–Crippen MR) is 94.2 cm³/mol. The van der Waals surface area contributed by atoms with Gasteiger partial charge in [-0.3, -0.25) is 0 Å². The normalized spacial score (nSPS) is 11.6. The molecule has 136 valence electrons. The molecule has 0 saturated carbocycles. The molecule has 0 atom stereocenters. The van der Waals surface area contributed by atoms with Crippen molar-refractivity contribution in [2.45, 2.75) is 18.2 Å². The van der Waals surface area contributed by atoms with Crippen LogP contribution >= 0.6 is 23.4 Å². The molecule has 0 N–H and O–H groups in total. The second kappa shape index (κ2) is 8.33. The van der Waals surface area contributed by atoms with Crippen LogP contribution in [0.25, 0.3) is 0 Å². The van der Waals surface area contributed by atoms with Gasteiger partial charge in [0.1, 0.15) is 23.9 Å². The fourth-order valence-corrected chi connectivity index (χ4v) is 2.55. The van der Waals surface area contributed by atoms with Gasteiger partial charge in [-0.2, -0.15) is 9.78 Å². The maximum absolute atomic E-state index is 12.9.